The molecule has 6 nitrogen and oxygen atoms in total. The quantitative estimate of drug-likeness (QED) is 0.565. The Bertz CT molecular complexity index is 258. The van der Waals surface area contributed by atoms with Crippen molar-refractivity contribution in [3.05, 3.63) is 0 Å². The number of nitrogens with one attached hydrogen (secondary N) is 2. The largest absolute Gasteiger partial charge is 0.481 e. The molecule has 0 heterocycles. The van der Waals surface area contributed by atoms with Crippen molar-refractivity contribution >= 4 is 12.0 Å². The summed E-state index contributed by atoms with van der Waals surface area (Å²) >= 11 is 0. The molecule has 2 unspecified atom stereocenters. The lowest BCUT2D eigenvalue weighted by atomic mass is 10.0. The molecule has 0 saturated heterocycles. The molecule has 0 rings (SSSR count). The second-order valence-corrected chi connectivity index (χ2v) is 4.24. The molecule has 0 radical (unpaired) electrons. The minimum atomic E-state index is -0.907. The Labute approximate surface area is 102 Å². The van der Waals surface area contributed by atoms with E-state index < -0.39 is 11.9 Å². The Hall–Kier alpha value is -1.30. The summed E-state index contributed by atoms with van der Waals surface area (Å²) in [4.78, 5) is 24.0. The topological polar surface area (TPSA) is 81.7 Å². The minimum Gasteiger partial charge on any atom is -0.481 e. The predicted molar refractivity (Wildman–Crippen MR) is 66.0 cm³/mol. The Morgan fingerprint density at radius 2 is 1.94 bits per heavy atom. The van der Waals surface area contributed by atoms with E-state index in [1.165, 1.54) is 0 Å². The van der Waals surface area contributed by atoms with Crippen molar-refractivity contribution in [2.75, 3.05) is 27.2 Å². The van der Waals surface area contributed by atoms with Crippen LogP contribution < -0.4 is 10.6 Å². The van der Waals surface area contributed by atoms with Gasteiger partial charge in [-0.3, -0.25) is 4.79 Å². The zero-order valence-corrected chi connectivity index (χ0v) is 11.0. The highest BCUT2D eigenvalue weighted by Crippen LogP contribution is 2.03. The van der Waals surface area contributed by atoms with Gasteiger partial charge in [-0.15, -0.1) is 0 Å². The highest BCUT2D eigenvalue weighted by Gasteiger charge is 2.21. The molecule has 6 heteroatoms. The van der Waals surface area contributed by atoms with E-state index in [4.69, 9.17) is 5.11 Å². The van der Waals surface area contributed by atoms with Gasteiger partial charge in [0.25, 0.3) is 0 Å². The highest BCUT2D eigenvalue weighted by atomic mass is 16.4. The SMILES string of the molecule is CNCCCN(C)C(=O)NC(C)C(C)C(=O)O. The number of hydrogen-bond acceptors (Lipinski definition) is 3. The van der Waals surface area contributed by atoms with Gasteiger partial charge in [-0.1, -0.05) is 0 Å². The van der Waals surface area contributed by atoms with Gasteiger partial charge in [-0.05, 0) is 33.9 Å². The van der Waals surface area contributed by atoms with Gasteiger partial charge in [0, 0.05) is 19.6 Å². The van der Waals surface area contributed by atoms with E-state index in [1.807, 2.05) is 7.05 Å². The maximum atomic E-state index is 11.7. The molecule has 100 valence electrons. The first-order valence-corrected chi connectivity index (χ1v) is 5.79. The van der Waals surface area contributed by atoms with Crippen LogP contribution in [-0.4, -0.2) is 55.2 Å². The molecular formula is C11H23N3O3. The molecule has 0 fully saturated rings. The molecule has 0 aliphatic heterocycles. The average molecular weight is 245 g/mol. The van der Waals surface area contributed by atoms with E-state index in [-0.39, 0.29) is 12.1 Å². The third-order valence-corrected chi connectivity index (χ3v) is 2.76. The summed E-state index contributed by atoms with van der Waals surface area (Å²) < 4.78 is 0. The first-order chi connectivity index (χ1) is 7.90. The van der Waals surface area contributed by atoms with Crippen LogP contribution >= 0.6 is 0 Å². The highest BCUT2D eigenvalue weighted by molar-refractivity contribution is 5.76. The monoisotopic (exact) mass is 245 g/mol. The van der Waals surface area contributed by atoms with E-state index in [9.17, 15) is 9.59 Å². The lowest BCUT2D eigenvalue weighted by Gasteiger charge is -2.23. The summed E-state index contributed by atoms with van der Waals surface area (Å²) in [6.07, 6.45) is 0.864. The molecule has 0 saturated carbocycles. The summed E-state index contributed by atoms with van der Waals surface area (Å²) in [5.74, 6) is -1.50. The van der Waals surface area contributed by atoms with Crippen LogP contribution in [0.15, 0.2) is 0 Å². The van der Waals surface area contributed by atoms with Gasteiger partial charge in [0.15, 0.2) is 0 Å². The number of aliphatic carboxylic acids is 1. The van der Waals surface area contributed by atoms with Gasteiger partial charge in [0.05, 0.1) is 5.92 Å². The molecule has 0 spiro atoms. The second kappa shape index (κ2) is 7.89. The smallest absolute Gasteiger partial charge is 0.317 e. The molecule has 0 aromatic heterocycles. The number of nitrogens with zero attached hydrogens (tertiary/aromatic N) is 1. The summed E-state index contributed by atoms with van der Waals surface area (Å²) in [6.45, 7) is 4.76. The number of carbonyl (C=O) groups is 2. The third kappa shape index (κ3) is 6.11. The molecule has 0 aliphatic rings. The van der Waals surface area contributed by atoms with Crippen molar-refractivity contribution in [1.82, 2.24) is 15.5 Å². The fourth-order valence-corrected chi connectivity index (χ4v) is 1.24. The molecule has 17 heavy (non-hydrogen) atoms. The average Bonchev–Trinajstić information content (AvgIpc) is 2.27. The number of urea groups is 1. The summed E-state index contributed by atoms with van der Waals surface area (Å²) in [5, 5.41) is 14.5. The Morgan fingerprint density at radius 1 is 1.35 bits per heavy atom. The van der Waals surface area contributed by atoms with Crippen LogP contribution in [0.2, 0.25) is 0 Å². The van der Waals surface area contributed by atoms with E-state index in [1.54, 1.807) is 25.8 Å². The predicted octanol–water partition coefficient (Wildman–Crippen LogP) is 0.347. The molecule has 0 bridgehead atoms. The Morgan fingerprint density at radius 3 is 2.41 bits per heavy atom. The minimum absolute atomic E-state index is 0.235. The fraction of sp³-hybridized carbons (Fsp3) is 0.818. The van der Waals surface area contributed by atoms with Crippen molar-refractivity contribution < 1.29 is 14.7 Å². The zero-order valence-electron chi connectivity index (χ0n) is 11.0. The molecule has 0 aliphatic carbocycles. The van der Waals surface area contributed by atoms with Crippen LogP contribution in [0, 0.1) is 5.92 Å². The van der Waals surface area contributed by atoms with Crippen LogP contribution in [0.4, 0.5) is 4.79 Å². The van der Waals surface area contributed by atoms with Crippen molar-refractivity contribution in [2.24, 2.45) is 5.92 Å². The van der Waals surface area contributed by atoms with E-state index in [0.717, 1.165) is 13.0 Å². The fourth-order valence-electron chi connectivity index (χ4n) is 1.24. The standard InChI is InChI=1S/C11H23N3O3/c1-8(10(15)16)9(2)13-11(17)14(4)7-5-6-12-3/h8-9,12H,5-7H2,1-4H3,(H,13,17)(H,15,16). The Kier molecular flexibility index (Phi) is 7.29. The van der Waals surface area contributed by atoms with Crippen molar-refractivity contribution in [3.8, 4) is 0 Å². The zero-order chi connectivity index (χ0) is 13.4. The first kappa shape index (κ1) is 15.7. The molecule has 0 aromatic carbocycles. The van der Waals surface area contributed by atoms with Crippen LogP contribution in [-0.2, 0) is 4.79 Å². The van der Waals surface area contributed by atoms with Gasteiger partial charge >= 0.3 is 12.0 Å². The molecule has 2 atom stereocenters. The lowest BCUT2D eigenvalue weighted by molar-refractivity contribution is -0.141. The number of hydrogen-bond donors (Lipinski definition) is 3. The number of carboxylic acids is 1. The van der Waals surface area contributed by atoms with Crippen molar-refractivity contribution in [2.45, 2.75) is 26.3 Å². The normalized spacial score (nSPS) is 13.9. The van der Waals surface area contributed by atoms with Crippen LogP contribution in [0.3, 0.4) is 0 Å². The second-order valence-electron chi connectivity index (χ2n) is 4.24. The summed E-state index contributed by atoms with van der Waals surface area (Å²) in [7, 11) is 3.56. The molecular weight excluding hydrogens is 222 g/mol. The summed E-state index contributed by atoms with van der Waals surface area (Å²) in [6, 6.07) is -0.617. The molecule has 3 N–H and O–H groups in total. The van der Waals surface area contributed by atoms with Crippen LogP contribution in [0.1, 0.15) is 20.3 Å². The van der Waals surface area contributed by atoms with Crippen molar-refractivity contribution in [3.63, 3.8) is 0 Å². The Balaban J connectivity index is 4.02. The van der Waals surface area contributed by atoms with Crippen LogP contribution in [0.25, 0.3) is 0 Å². The molecule has 2 amide bonds. The van der Waals surface area contributed by atoms with Gasteiger partial charge in [-0.25, -0.2) is 4.79 Å². The van der Waals surface area contributed by atoms with Gasteiger partial charge in [-0.2, -0.15) is 0 Å². The van der Waals surface area contributed by atoms with Gasteiger partial charge < -0.3 is 20.6 Å². The van der Waals surface area contributed by atoms with E-state index >= 15 is 0 Å². The molecule has 0 aromatic rings. The van der Waals surface area contributed by atoms with E-state index in [2.05, 4.69) is 10.6 Å². The maximum Gasteiger partial charge on any atom is 0.317 e. The number of carboxylic acid groups (broad SMARTS) is 1. The lowest BCUT2D eigenvalue weighted by Crippen LogP contribution is -2.46. The number of carbonyl (C=O) groups excluding carboxylic acids is 1. The first-order valence-electron chi connectivity index (χ1n) is 5.79. The van der Waals surface area contributed by atoms with Crippen molar-refractivity contribution in [1.29, 1.82) is 0 Å². The van der Waals surface area contributed by atoms with Gasteiger partial charge in [0.2, 0.25) is 0 Å². The number of rotatable bonds is 7. The summed E-state index contributed by atoms with van der Waals surface area (Å²) in [5.41, 5.74) is 0. The van der Waals surface area contributed by atoms with Gasteiger partial charge in [0.1, 0.15) is 0 Å². The maximum absolute atomic E-state index is 11.7. The third-order valence-electron chi connectivity index (χ3n) is 2.76. The van der Waals surface area contributed by atoms with Crippen LogP contribution in [0.5, 0.6) is 0 Å². The number of amides is 2. The van der Waals surface area contributed by atoms with E-state index in [0.29, 0.717) is 6.54 Å².